The van der Waals surface area contributed by atoms with Crippen LogP contribution in [0.25, 0.3) is 0 Å². The summed E-state index contributed by atoms with van der Waals surface area (Å²) in [7, 11) is 0. The molecule has 0 aliphatic heterocycles. The molecule has 0 bridgehead atoms. The average Bonchev–Trinajstić information content (AvgIpc) is 2.56. The number of anilines is 2. The number of rotatable bonds is 7. The van der Waals surface area contributed by atoms with Crippen molar-refractivity contribution in [1.29, 1.82) is 0 Å². The second kappa shape index (κ2) is 8.93. The predicted octanol–water partition coefficient (Wildman–Crippen LogP) is 4.10. The van der Waals surface area contributed by atoms with E-state index >= 15 is 0 Å². The lowest BCUT2D eigenvalue weighted by Gasteiger charge is -2.09. The molecule has 126 valence electrons. The van der Waals surface area contributed by atoms with Gasteiger partial charge in [-0.15, -0.1) is 0 Å². The van der Waals surface area contributed by atoms with Gasteiger partial charge >= 0.3 is 0 Å². The normalized spacial score (nSPS) is 10.1. The largest absolute Gasteiger partial charge is 0.482 e. The van der Waals surface area contributed by atoms with Crippen LogP contribution in [-0.4, -0.2) is 18.4 Å². The van der Waals surface area contributed by atoms with Crippen LogP contribution in [0.2, 0.25) is 5.02 Å². The van der Waals surface area contributed by atoms with Crippen molar-refractivity contribution >= 4 is 34.8 Å². The minimum atomic E-state index is -0.294. The van der Waals surface area contributed by atoms with Gasteiger partial charge in [0, 0.05) is 17.8 Å². The smallest absolute Gasteiger partial charge is 0.262 e. The zero-order valence-corrected chi connectivity index (χ0v) is 14.1. The molecule has 0 aromatic heterocycles. The van der Waals surface area contributed by atoms with Crippen LogP contribution in [0.15, 0.2) is 48.5 Å². The van der Waals surface area contributed by atoms with Crippen LogP contribution in [-0.2, 0) is 9.59 Å². The van der Waals surface area contributed by atoms with Crippen LogP contribution >= 0.6 is 11.6 Å². The first-order valence-corrected chi connectivity index (χ1v) is 8.03. The van der Waals surface area contributed by atoms with Crippen molar-refractivity contribution in [3.8, 4) is 5.75 Å². The number of benzene rings is 2. The van der Waals surface area contributed by atoms with E-state index in [9.17, 15) is 9.59 Å². The molecule has 2 N–H and O–H groups in total. The number of para-hydroxylation sites is 1. The number of nitrogens with one attached hydrogen (secondary N) is 2. The van der Waals surface area contributed by atoms with Crippen molar-refractivity contribution in [3.05, 3.63) is 53.6 Å². The van der Waals surface area contributed by atoms with Crippen LogP contribution in [0.3, 0.4) is 0 Å². The maximum absolute atomic E-state index is 11.9. The Hall–Kier alpha value is -2.53. The number of carbonyl (C=O) groups excluding carboxylic acids is 2. The van der Waals surface area contributed by atoms with Crippen molar-refractivity contribution < 1.29 is 14.3 Å². The van der Waals surface area contributed by atoms with E-state index in [0.29, 0.717) is 28.6 Å². The van der Waals surface area contributed by atoms with E-state index in [1.807, 2.05) is 6.92 Å². The van der Waals surface area contributed by atoms with E-state index in [1.165, 1.54) is 0 Å². The molecule has 2 rings (SSSR count). The van der Waals surface area contributed by atoms with Gasteiger partial charge in [0.2, 0.25) is 5.91 Å². The molecule has 0 radical (unpaired) electrons. The van der Waals surface area contributed by atoms with Gasteiger partial charge in [0.1, 0.15) is 5.75 Å². The first-order valence-electron chi connectivity index (χ1n) is 7.65. The lowest BCUT2D eigenvalue weighted by Crippen LogP contribution is -2.20. The molecule has 0 spiro atoms. The number of halogens is 1. The van der Waals surface area contributed by atoms with Crippen molar-refractivity contribution in [1.82, 2.24) is 0 Å². The summed E-state index contributed by atoms with van der Waals surface area (Å²) in [4.78, 5) is 23.4. The second-order valence-electron chi connectivity index (χ2n) is 5.14. The molecule has 6 heteroatoms. The van der Waals surface area contributed by atoms with Gasteiger partial charge in [-0.05, 0) is 42.8 Å². The van der Waals surface area contributed by atoms with Crippen molar-refractivity contribution in [2.75, 3.05) is 17.2 Å². The number of hydrogen-bond donors (Lipinski definition) is 2. The molecule has 0 fully saturated rings. The number of amides is 2. The highest BCUT2D eigenvalue weighted by Gasteiger charge is 2.06. The van der Waals surface area contributed by atoms with Gasteiger partial charge in [-0.1, -0.05) is 30.7 Å². The van der Waals surface area contributed by atoms with Crippen molar-refractivity contribution in [2.45, 2.75) is 19.8 Å². The molecule has 0 aliphatic rings. The Morgan fingerprint density at radius 2 is 1.54 bits per heavy atom. The summed E-state index contributed by atoms with van der Waals surface area (Å²) >= 11 is 5.96. The summed E-state index contributed by atoms with van der Waals surface area (Å²) in [6.07, 6.45) is 1.28. The van der Waals surface area contributed by atoms with Crippen LogP contribution in [0.1, 0.15) is 19.8 Å². The molecule has 0 unspecified atom stereocenters. The van der Waals surface area contributed by atoms with Crippen LogP contribution in [0.4, 0.5) is 11.4 Å². The highest BCUT2D eigenvalue weighted by molar-refractivity contribution is 6.32. The van der Waals surface area contributed by atoms with Gasteiger partial charge < -0.3 is 15.4 Å². The molecule has 0 aliphatic carbocycles. The zero-order valence-electron chi connectivity index (χ0n) is 13.3. The summed E-state index contributed by atoms with van der Waals surface area (Å²) in [6.45, 7) is 1.81. The third-order valence-electron chi connectivity index (χ3n) is 3.12. The molecule has 2 aromatic rings. The van der Waals surface area contributed by atoms with E-state index in [2.05, 4.69) is 10.6 Å². The average molecular weight is 347 g/mol. The van der Waals surface area contributed by atoms with E-state index in [1.54, 1.807) is 48.5 Å². The van der Waals surface area contributed by atoms with Crippen molar-refractivity contribution in [3.63, 3.8) is 0 Å². The summed E-state index contributed by atoms with van der Waals surface area (Å²) in [5.74, 6) is 0.142. The summed E-state index contributed by atoms with van der Waals surface area (Å²) in [6, 6.07) is 13.9. The molecule has 2 aromatic carbocycles. The number of carbonyl (C=O) groups is 2. The highest BCUT2D eigenvalue weighted by Crippen LogP contribution is 2.23. The van der Waals surface area contributed by atoms with E-state index in [0.717, 1.165) is 6.42 Å². The fraction of sp³-hybridized carbons (Fsp3) is 0.222. The van der Waals surface area contributed by atoms with Gasteiger partial charge in [-0.3, -0.25) is 9.59 Å². The topological polar surface area (TPSA) is 67.4 Å². The SMILES string of the molecule is CCCC(=O)Nc1ccc(NC(=O)COc2ccccc2Cl)cc1. The fourth-order valence-corrected chi connectivity index (χ4v) is 2.18. The maximum Gasteiger partial charge on any atom is 0.262 e. The van der Waals surface area contributed by atoms with Crippen LogP contribution in [0, 0.1) is 0 Å². The van der Waals surface area contributed by atoms with E-state index in [-0.39, 0.29) is 18.4 Å². The highest BCUT2D eigenvalue weighted by atomic mass is 35.5. The van der Waals surface area contributed by atoms with Crippen LogP contribution in [0.5, 0.6) is 5.75 Å². The third-order valence-corrected chi connectivity index (χ3v) is 3.44. The quantitative estimate of drug-likeness (QED) is 0.793. The molecule has 5 nitrogen and oxygen atoms in total. The Morgan fingerprint density at radius 3 is 2.12 bits per heavy atom. The number of hydrogen-bond acceptors (Lipinski definition) is 3. The third kappa shape index (κ3) is 5.59. The molecular weight excluding hydrogens is 328 g/mol. The Labute approximate surface area is 146 Å². The summed E-state index contributed by atoms with van der Waals surface area (Å²) in [5.41, 5.74) is 1.31. The molecular formula is C18H19ClN2O3. The standard InChI is InChI=1S/C18H19ClN2O3/c1-2-5-17(22)20-13-8-10-14(11-9-13)21-18(23)12-24-16-7-4-3-6-15(16)19/h3-4,6-11H,2,5,12H2,1H3,(H,20,22)(H,21,23). The zero-order chi connectivity index (χ0) is 17.4. The minimum Gasteiger partial charge on any atom is -0.482 e. The Morgan fingerprint density at radius 1 is 0.958 bits per heavy atom. The van der Waals surface area contributed by atoms with Gasteiger partial charge in [-0.25, -0.2) is 0 Å². The van der Waals surface area contributed by atoms with Crippen LogP contribution < -0.4 is 15.4 Å². The Bertz CT molecular complexity index is 702. The lowest BCUT2D eigenvalue weighted by molar-refractivity contribution is -0.118. The number of ether oxygens (including phenoxy) is 1. The summed E-state index contributed by atoms with van der Waals surface area (Å²) < 4.78 is 5.37. The Kier molecular flexibility index (Phi) is 6.63. The van der Waals surface area contributed by atoms with Gasteiger partial charge in [0.25, 0.3) is 5.91 Å². The summed E-state index contributed by atoms with van der Waals surface area (Å²) in [5, 5.41) is 5.96. The molecule has 0 saturated heterocycles. The fourth-order valence-electron chi connectivity index (χ4n) is 1.99. The van der Waals surface area contributed by atoms with Crippen molar-refractivity contribution in [2.24, 2.45) is 0 Å². The molecule has 0 heterocycles. The predicted molar refractivity (Wildman–Crippen MR) is 95.6 cm³/mol. The van der Waals surface area contributed by atoms with Gasteiger partial charge in [0.05, 0.1) is 5.02 Å². The lowest BCUT2D eigenvalue weighted by atomic mass is 10.2. The molecule has 2 amide bonds. The minimum absolute atomic E-state index is 0.0255. The van der Waals surface area contributed by atoms with Gasteiger partial charge in [-0.2, -0.15) is 0 Å². The second-order valence-corrected chi connectivity index (χ2v) is 5.55. The maximum atomic E-state index is 11.9. The first-order chi connectivity index (χ1) is 11.6. The van der Waals surface area contributed by atoms with E-state index in [4.69, 9.17) is 16.3 Å². The first kappa shape index (κ1) is 17.8. The van der Waals surface area contributed by atoms with E-state index < -0.39 is 0 Å². The molecule has 24 heavy (non-hydrogen) atoms. The molecule has 0 atom stereocenters. The molecule has 0 saturated carbocycles. The monoisotopic (exact) mass is 346 g/mol. The Balaban J connectivity index is 1.83. The van der Waals surface area contributed by atoms with Gasteiger partial charge in [0.15, 0.2) is 6.61 Å².